The minimum atomic E-state index is 0.130. The maximum atomic E-state index is 11.5. The third-order valence-corrected chi connectivity index (χ3v) is 3.73. The number of nitrogens with zero attached hydrogens (tertiary/aromatic N) is 1. The molecule has 1 N–H and O–H groups in total. The van der Waals surface area contributed by atoms with Crippen molar-refractivity contribution in [1.29, 1.82) is 0 Å². The van der Waals surface area contributed by atoms with Crippen molar-refractivity contribution >= 4 is 27.9 Å². The highest BCUT2D eigenvalue weighted by molar-refractivity contribution is 7.15. The van der Waals surface area contributed by atoms with Gasteiger partial charge in [-0.15, -0.1) is 11.3 Å². The molecule has 1 aromatic heterocycles. The molecule has 1 aliphatic heterocycles. The van der Waals surface area contributed by atoms with E-state index < -0.39 is 0 Å². The van der Waals surface area contributed by atoms with Gasteiger partial charge in [0.05, 0.1) is 5.69 Å². The van der Waals surface area contributed by atoms with Gasteiger partial charge in [-0.05, 0) is 17.4 Å². The fraction of sp³-hybridized carbons (Fsp3) is 0.545. The highest BCUT2D eigenvalue weighted by atomic mass is 32.1. The van der Waals surface area contributed by atoms with Crippen molar-refractivity contribution in [1.82, 2.24) is 0 Å². The summed E-state index contributed by atoms with van der Waals surface area (Å²) in [7, 11) is 0. The molecule has 3 nitrogen and oxygen atoms in total. The van der Waals surface area contributed by atoms with E-state index in [2.05, 4.69) is 19.2 Å². The number of carbonyl (C=O) groups is 1. The predicted molar refractivity (Wildman–Crippen MR) is 64.6 cm³/mol. The molecular formula is C11H16N2OS. The van der Waals surface area contributed by atoms with Crippen molar-refractivity contribution < 1.29 is 4.79 Å². The van der Waals surface area contributed by atoms with Crippen LogP contribution in [-0.2, 0) is 4.79 Å². The minimum absolute atomic E-state index is 0.130. The SMILES string of the molecule is CC(=O)N1CC(C(C)C)Nc2ccsc21. The summed E-state index contributed by atoms with van der Waals surface area (Å²) in [4.78, 5) is 13.4. The third-order valence-electron chi connectivity index (χ3n) is 2.79. The molecule has 0 saturated carbocycles. The number of carbonyl (C=O) groups excluding carboxylic acids is 1. The monoisotopic (exact) mass is 224 g/mol. The van der Waals surface area contributed by atoms with Crippen molar-refractivity contribution in [3.8, 4) is 0 Å². The first kappa shape index (κ1) is 10.5. The molecule has 0 fully saturated rings. The van der Waals surface area contributed by atoms with E-state index in [1.54, 1.807) is 18.3 Å². The molecule has 0 saturated heterocycles. The summed E-state index contributed by atoms with van der Waals surface area (Å²) >= 11 is 1.62. The topological polar surface area (TPSA) is 32.3 Å². The molecule has 4 heteroatoms. The molecule has 1 atom stereocenters. The summed E-state index contributed by atoms with van der Waals surface area (Å²) < 4.78 is 0. The molecule has 1 aromatic rings. The van der Waals surface area contributed by atoms with E-state index in [0.717, 1.165) is 17.2 Å². The van der Waals surface area contributed by atoms with Crippen molar-refractivity contribution in [3.05, 3.63) is 11.4 Å². The summed E-state index contributed by atoms with van der Waals surface area (Å²) in [6.07, 6.45) is 0. The molecule has 1 amide bonds. The molecule has 2 rings (SSSR count). The standard InChI is InChI=1S/C11H16N2OS/c1-7(2)10-6-13(8(3)14)11-9(12-10)4-5-15-11/h4-5,7,10,12H,6H2,1-3H3. The molecule has 1 aliphatic rings. The van der Waals surface area contributed by atoms with Crippen LogP contribution in [0.1, 0.15) is 20.8 Å². The molecule has 0 spiro atoms. The van der Waals surface area contributed by atoms with Crippen LogP contribution in [0.15, 0.2) is 11.4 Å². The molecule has 2 heterocycles. The van der Waals surface area contributed by atoms with Crippen LogP contribution in [0.3, 0.4) is 0 Å². The van der Waals surface area contributed by atoms with Gasteiger partial charge in [0.2, 0.25) is 5.91 Å². The van der Waals surface area contributed by atoms with Gasteiger partial charge in [0.1, 0.15) is 5.00 Å². The van der Waals surface area contributed by atoms with Crippen LogP contribution in [0, 0.1) is 5.92 Å². The first-order chi connectivity index (χ1) is 7.09. The number of rotatable bonds is 1. The summed E-state index contributed by atoms with van der Waals surface area (Å²) in [6.45, 7) is 6.76. The Morgan fingerprint density at radius 1 is 1.67 bits per heavy atom. The fourth-order valence-corrected chi connectivity index (χ4v) is 2.71. The molecule has 0 radical (unpaired) electrons. The smallest absolute Gasteiger partial charge is 0.224 e. The lowest BCUT2D eigenvalue weighted by Crippen LogP contribution is -2.45. The van der Waals surface area contributed by atoms with E-state index in [0.29, 0.717) is 12.0 Å². The predicted octanol–water partition coefficient (Wildman–Crippen LogP) is 2.55. The Balaban J connectivity index is 2.31. The largest absolute Gasteiger partial charge is 0.378 e. The lowest BCUT2D eigenvalue weighted by Gasteiger charge is -2.35. The quantitative estimate of drug-likeness (QED) is 0.795. The second kappa shape index (κ2) is 3.85. The molecule has 0 aliphatic carbocycles. The molecule has 1 unspecified atom stereocenters. The maximum absolute atomic E-state index is 11.5. The Kier molecular flexibility index (Phi) is 2.69. The highest BCUT2D eigenvalue weighted by Crippen LogP contribution is 2.37. The first-order valence-corrected chi connectivity index (χ1v) is 6.09. The Hall–Kier alpha value is -1.03. The number of nitrogens with one attached hydrogen (secondary N) is 1. The van der Waals surface area contributed by atoms with Crippen LogP contribution in [-0.4, -0.2) is 18.5 Å². The average molecular weight is 224 g/mol. The second-order valence-electron chi connectivity index (χ2n) is 4.26. The van der Waals surface area contributed by atoms with E-state index in [4.69, 9.17) is 0 Å². The van der Waals surface area contributed by atoms with Gasteiger partial charge in [0, 0.05) is 19.5 Å². The minimum Gasteiger partial charge on any atom is -0.378 e. The van der Waals surface area contributed by atoms with Crippen molar-refractivity contribution in [2.24, 2.45) is 5.92 Å². The van der Waals surface area contributed by atoms with Crippen LogP contribution in [0.2, 0.25) is 0 Å². The van der Waals surface area contributed by atoms with Crippen molar-refractivity contribution in [2.75, 3.05) is 16.8 Å². The number of thiophene rings is 1. The van der Waals surface area contributed by atoms with Gasteiger partial charge in [0.25, 0.3) is 0 Å². The second-order valence-corrected chi connectivity index (χ2v) is 5.16. The van der Waals surface area contributed by atoms with Gasteiger partial charge in [-0.2, -0.15) is 0 Å². The van der Waals surface area contributed by atoms with E-state index in [1.165, 1.54) is 0 Å². The van der Waals surface area contributed by atoms with Gasteiger partial charge in [-0.3, -0.25) is 4.79 Å². The third kappa shape index (κ3) is 1.86. The fourth-order valence-electron chi connectivity index (χ4n) is 1.79. The molecular weight excluding hydrogens is 208 g/mol. The van der Waals surface area contributed by atoms with Crippen LogP contribution >= 0.6 is 11.3 Å². The van der Waals surface area contributed by atoms with Crippen LogP contribution in [0.5, 0.6) is 0 Å². The van der Waals surface area contributed by atoms with Gasteiger partial charge in [0.15, 0.2) is 0 Å². The zero-order valence-corrected chi connectivity index (χ0v) is 10.1. The van der Waals surface area contributed by atoms with Gasteiger partial charge >= 0.3 is 0 Å². The van der Waals surface area contributed by atoms with E-state index in [-0.39, 0.29) is 5.91 Å². The van der Waals surface area contributed by atoms with E-state index >= 15 is 0 Å². The molecule has 0 aromatic carbocycles. The van der Waals surface area contributed by atoms with Gasteiger partial charge in [-0.1, -0.05) is 13.8 Å². The molecule has 0 bridgehead atoms. The Labute approximate surface area is 94.1 Å². The zero-order valence-electron chi connectivity index (χ0n) is 9.28. The summed E-state index contributed by atoms with van der Waals surface area (Å²) in [5.41, 5.74) is 1.10. The highest BCUT2D eigenvalue weighted by Gasteiger charge is 2.28. The van der Waals surface area contributed by atoms with Crippen molar-refractivity contribution in [3.63, 3.8) is 0 Å². The first-order valence-electron chi connectivity index (χ1n) is 5.21. The van der Waals surface area contributed by atoms with Crippen LogP contribution < -0.4 is 10.2 Å². The number of fused-ring (bicyclic) bond motifs is 1. The summed E-state index contributed by atoms with van der Waals surface area (Å²) in [5.74, 6) is 0.658. The summed E-state index contributed by atoms with van der Waals surface area (Å²) in [6, 6.07) is 2.40. The lowest BCUT2D eigenvalue weighted by molar-refractivity contribution is -0.116. The number of hydrogen-bond acceptors (Lipinski definition) is 3. The average Bonchev–Trinajstić information content (AvgIpc) is 2.62. The number of hydrogen-bond donors (Lipinski definition) is 1. The molecule has 82 valence electrons. The van der Waals surface area contributed by atoms with E-state index in [1.807, 2.05) is 16.3 Å². The summed E-state index contributed by atoms with van der Waals surface area (Å²) in [5, 5.41) is 6.56. The normalized spacial score (nSPS) is 20.0. The number of amides is 1. The number of anilines is 2. The van der Waals surface area contributed by atoms with Crippen molar-refractivity contribution in [2.45, 2.75) is 26.8 Å². The Morgan fingerprint density at radius 2 is 2.40 bits per heavy atom. The lowest BCUT2D eigenvalue weighted by atomic mass is 10.0. The molecule has 15 heavy (non-hydrogen) atoms. The Bertz CT molecular complexity index is 372. The van der Waals surface area contributed by atoms with Crippen LogP contribution in [0.4, 0.5) is 10.7 Å². The Morgan fingerprint density at radius 3 is 3.00 bits per heavy atom. The van der Waals surface area contributed by atoms with E-state index in [9.17, 15) is 4.79 Å². The van der Waals surface area contributed by atoms with Gasteiger partial charge in [-0.25, -0.2) is 0 Å². The maximum Gasteiger partial charge on any atom is 0.224 e. The van der Waals surface area contributed by atoms with Crippen LogP contribution in [0.25, 0.3) is 0 Å². The zero-order chi connectivity index (χ0) is 11.0. The van der Waals surface area contributed by atoms with Gasteiger partial charge < -0.3 is 10.2 Å².